The van der Waals surface area contributed by atoms with Gasteiger partial charge in [-0.1, -0.05) is 42.1 Å². The van der Waals surface area contributed by atoms with Gasteiger partial charge in [0, 0.05) is 14.9 Å². The number of hydrogen-bond acceptors (Lipinski definition) is 5. The molecule has 1 amide bonds. The highest BCUT2D eigenvalue weighted by atomic mass is 127. The molecule has 2 N–H and O–H groups in total. The van der Waals surface area contributed by atoms with Crippen molar-refractivity contribution >= 4 is 51.6 Å². The molecule has 162 valence electrons. The van der Waals surface area contributed by atoms with Crippen molar-refractivity contribution in [3.05, 3.63) is 94.1 Å². The average molecular weight is 559 g/mol. The number of halogens is 2. The Morgan fingerprint density at radius 1 is 0.969 bits per heavy atom. The maximum Gasteiger partial charge on any atom is 0.234 e. The molecule has 9 heteroatoms. The van der Waals surface area contributed by atoms with Crippen LogP contribution in [0.1, 0.15) is 5.82 Å². The van der Waals surface area contributed by atoms with E-state index in [2.05, 4.69) is 43.4 Å². The Morgan fingerprint density at radius 3 is 2.44 bits per heavy atom. The minimum Gasteiger partial charge on any atom is -0.378 e. The lowest BCUT2D eigenvalue weighted by Gasteiger charge is -2.11. The van der Waals surface area contributed by atoms with E-state index < -0.39 is 5.82 Å². The number of amides is 1. The second-order valence-electron chi connectivity index (χ2n) is 6.75. The lowest BCUT2D eigenvalue weighted by Crippen LogP contribution is -2.15. The van der Waals surface area contributed by atoms with Gasteiger partial charge in [-0.3, -0.25) is 9.36 Å². The summed E-state index contributed by atoms with van der Waals surface area (Å²) in [6.07, 6.45) is 0. The van der Waals surface area contributed by atoms with Crippen LogP contribution < -0.4 is 10.6 Å². The summed E-state index contributed by atoms with van der Waals surface area (Å²) in [6, 6.07) is 23.9. The normalized spacial score (nSPS) is 10.7. The van der Waals surface area contributed by atoms with Crippen LogP contribution in [0.4, 0.5) is 15.8 Å². The van der Waals surface area contributed by atoms with Gasteiger partial charge < -0.3 is 10.6 Å². The Balaban J connectivity index is 1.49. The summed E-state index contributed by atoms with van der Waals surface area (Å²) in [5, 5.41) is 15.2. The summed E-state index contributed by atoms with van der Waals surface area (Å²) < 4.78 is 16.9. The Hall–Kier alpha value is -2.92. The fourth-order valence-corrected chi connectivity index (χ4v) is 4.10. The third-order valence-electron chi connectivity index (χ3n) is 4.49. The molecule has 4 rings (SSSR count). The molecule has 0 atom stereocenters. The van der Waals surface area contributed by atoms with Crippen LogP contribution in [0.15, 0.2) is 84.0 Å². The lowest BCUT2D eigenvalue weighted by molar-refractivity contribution is -0.113. The second-order valence-corrected chi connectivity index (χ2v) is 8.94. The van der Waals surface area contributed by atoms with Gasteiger partial charge >= 0.3 is 0 Å². The van der Waals surface area contributed by atoms with E-state index in [0.717, 1.165) is 14.9 Å². The quantitative estimate of drug-likeness (QED) is 0.225. The fraction of sp³-hybridized carbons (Fsp3) is 0.0870. The predicted octanol–water partition coefficient (Wildman–Crippen LogP) is 5.35. The van der Waals surface area contributed by atoms with Gasteiger partial charge in [-0.05, 0) is 71.1 Å². The molecule has 3 aromatic carbocycles. The van der Waals surface area contributed by atoms with E-state index in [0.29, 0.717) is 17.5 Å². The van der Waals surface area contributed by atoms with E-state index in [-0.39, 0.29) is 17.3 Å². The molecule has 0 fully saturated rings. The van der Waals surface area contributed by atoms with Crippen LogP contribution in [-0.2, 0) is 11.3 Å². The lowest BCUT2D eigenvalue weighted by atomic mass is 10.3. The van der Waals surface area contributed by atoms with Crippen LogP contribution in [0.25, 0.3) is 5.69 Å². The maximum atomic E-state index is 13.8. The number of hydrogen-bond donors (Lipinski definition) is 2. The molecule has 32 heavy (non-hydrogen) atoms. The van der Waals surface area contributed by atoms with Crippen molar-refractivity contribution in [3.8, 4) is 5.69 Å². The van der Waals surface area contributed by atoms with Gasteiger partial charge in [-0.25, -0.2) is 4.39 Å². The number of anilines is 2. The molecule has 1 aromatic heterocycles. The molecule has 0 saturated heterocycles. The molecule has 0 bridgehead atoms. The summed E-state index contributed by atoms with van der Waals surface area (Å²) in [6.45, 7) is 0.463. The molecule has 0 aliphatic rings. The number of aromatic nitrogens is 3. The topological polar surface area (TPSA) is 71.8 Å². The number of nitrogens with zero attached hydrogens (tertiary/aromatic N) is 3. The molecule has 0 saturated carbocycles. The summed E-state index contributed by atoms with van der Waals surface area (Å²) in [5.41, 5.74) is 2.03. The molecule has 0 radical (unpaired) electrons. The van der Waals surface area contributed by atoms with Gasteiger partial charge in [0.25, 0.3) is 0 Å². The van der Waals surface area contributed by atoms with Crippen molar-refractivity contribution in [1.82, 2.24) is 14.8 Å². The number of thioether (sulfide) groups is 1. The molecule has 6 nitrogen and oxygen atoms in total. The third kappa shape index (κ3) is 5.65. The summed E-state index contributed by atoms with van der Waals surface area (Å²) in [5.74, 6) is -0.000531. The van der Waals surface area contributed by atoms with Crippen LogP contribution in [0.5, 0.6) is 0 Å². The van der Waals surface area contributed by atoms with Gasteiger partial charge in [-0.15, -0.1) is 10.2 Å². The van der Waals surface area contributed by atoms with Gasteiger partial charge in [0.05, 0.1) is 18.0 Å². The number of carbonyl (C=O) groups is 1. The van der Waals surface area contributed by atoms with Crippen LogP contribution >= 0.6 is 34.4 Å². The van der Waals surface area contributed by atoms with Crippen molar-refractivity contribution in [2.24, 2.45) is 0 Å². The van der Waals surface area contributed by atoms with Crippen molar-refractivity contribution < 1.29 is 9.18 Å². The van der Waals surface area contributed by atoms with Crippen LogP contribution in [0, 0.1) is 9.39 Å². The fourth-order valence-electron chi connectivity index (χ4n) is 2.97. The van der Waals surface area contributed by atoms with Crippen LogP contribution in [0.2, 0.25) is 0 Å². The number of para-hydroxylation sites is 2. The molecular weight excluding hydrogens is 540 g/mol. The molecule has 0 aliphatic heterocycles. The van der Waals surface area contributed by atoms with E-state index >= 15 is 0 Å². The Labute approximate surface area is 202 Å². The van der Waals surface area contributed by atoms with E-state index in [1.165, 1.54) is 23.9 Å². The first-order valence-corrected chi connectivity index (χ1v) is 11.8. The minimum atomic E-state index is -0.470. The average Bonchev–Trinajstić information content (AvgIpc) is 3.22. The van der Waals surface area contributed by atoms with E-state index in [9.17, 15) is 9.18 Å². The van der Waals surface area contributed by atoms with Crippen molar-refractivity contribution in [1.29, 1.82) is 0 Å². The predicted molar refractivity (Wildman–Crippen MR) is 134 cm³/mol. The zero-order chi connectivity index (χ0) is 22.3. The Kier molecular flexibility index (Phi) is 7.38. The monoisotopic (exact) mass is 559 g/mol. The smallest absolute Gasteiger partial charge is 0.234 e. The Morgan fingerprint density at radius 2 is 1.69 bits per heavy atom. The van der Waals surface area contributed by atoms with E-state index in [4.69, 9.17) is 0 Å². The largest absolute Gasteiger partial charge is 0.378 e. The van der Waals surface area contributed by atoms with Crippen molar-refractivity contribution in [2.45, 2.75) is 11.7 Å². The number of carbonyl (C=O) groups excluding carboxylic acids is 1. The molecule has 0 spiro atoms. The molecule has 0 unspecified atom stereocenters. The molecule has 1 heterocycles. The number of rotatable bonds is 8. The molecule has 0 aliphatic carbocycles. The van der Waals surface area contributed by atoms with Crippen molar-refractivity contribution in [3.63, 3.8) is 0 Å². The van der Waals surface area contributed by atoms with E-state index in [1.807, 2.05) is 59.2 Å². The first-order valence-electron chi connectivity index (χ1n) is 9.76. The zero-order valence-electron chi connectivity index (χ0n) is 16.8. The second kappa shape index (κ2) is 10.6. The Bertz CT molecular complexity index is 1200. The van der Waals surface area contributed by atoms with Gasteiger partial charge in [0.15, 0.2) is 11.0 Å². The van der Waals surface area contributed by atoms with E-state index in [1.54, 1.807) is 12.1 Å². The SMILES string of the molecule is O=C(CSc1nnc(CNc2ccc(I)cc2)n1-c1ccccc1)Nc1ccccc1F. The highest BCUT2D eigenvalue weighted by Crippen LogP contribution is 2.23. The summed E-state index contributed by atoms with van der Waals surface area (Å²) in [7, 11) is 0. The van der Waals surface area contributed by atoms with Gasteiger partial charge in [0.2, 0.25) is 5.91 Å². The number of benzene rings is 3. The van der Waals surface area contributed by atoms with Crippen LogP contribution in [0.3, 0.4) is 0 Å². The summed E-state index contributed by atoms with van der Waals surface area (Å²) >= 11 is 3.51. The first kappa shape index (κ1) is 22.3. The maximum absolute atomic E-state index is 13.8. The standard InChI is InChI=1S/C23H19FIN5OS/c24-19-8-4-5-9-20(19)27-22(31)15-32-23-29-28-21(30(23)18-6-2-1-3-7-18)14-26-17-12-10-16(25)11-13-17/h1-13,26H,14-15H2,(H,27,31). The molecular formula is C23H19FIN5OS. The highest BCUT2D eigenvalue weighted by Gasteiger charge is 2.16. The highest BCUT2D eigenvalue weighted by molar-refractivity contribution is 14.1. The number of nitrogens with one attached hydrogen (secondary N) is 2. The molecule has 4 aromatic rings. The van der Waals surface area contributed by atoms with Gasteiger partial charge in [0.1, 0.15) is 5.82 Å². The summed E-state index contributed by atoms with van der Waals surface area (Å²) in [4.78, 5) is 12.4. The van der Waals surface area contributed by atoms with Crippen LogP contribution in [-0.4, -0.2) is 26.4 Å². The van der Waals surface area contributed by atoms with Gasteiger partial charge in [-0.2, -0.15) is 0 Å². The third-order valence-corrected chi connectivity index (χ3v) is 6.14. The minimum absolute atomic E-state index is 0.0733. The van der Waals surface area contributed by atoms with Crippen molar-refractivity contribution in [2.75, 3.05) is 16.4 Å². The first-order chi connectivity index (χ1) is 15.6. The zero-order valence-corrected chi connectivity index (χ0v) is 19.8.